The third kappa shape index (κ3) is 70.9. The molecule has 0 N–H and O–H groups in total. The van der Waals surface area contributed by atoms with Gasteiger partial charge in [-0.15, -0.1) is 24.8 Å². The molecular formula is C2H9Cl2PS. The molecule has 0 rings (SSSR count). The topological polar surface area (TPSA) is 0 Å². The second-order valence-electron chi connectivity index (χ2n) is 0. The Morgan fingerprint density at radius 2 is 1.00 bits per heavy atom. The van der Waals surface area contributed by atoms with Crippen LogP contribution in [0.3, 0.4) is 0 Å². The summed E-state index contributed by atoms with van der Waals surface area (Å²) in [5, 5.41) is 0. The van der Waals surface area contributed by atoms with Crippen molar-refractivity contribution >= 4 is 44.6 Å². The average molecular weight is 167 g/mol. The van der Waals surface area contributed by atoms with E-state index in [1.807, 2.05) is 13.8 Å². The molecule has 4 heteroatoms. The Hall–Kier alpha value is 1.10. The van der Waals surface area contributed by atoms with Crippen molar-refractivity contribution in [3.8, 4) is 0 Å². The molecule has 0 aliphatic carbocycles. The Morgan fingerprint density at radius 1 is 1.00 bits per heavy atom. The number of rotatable bonds is 0. The fourth-order valence-electron chi connectivity index (χ4n) is 0. The summed E-state index contributed by atoms with van der Waals surface area (Å²) < 4.78 is 0. The van der Waals surface area contributed by atoms with Crippen molar-refractivity contribution in [3.63, 3.8) is 0 Å². The average Bonchev–Trinajstić information content (AvgIpc) is 1.50. The molecule has 42 valence electrons. The SMILES string of the molecule is CC.Cl.Cl.P=S. The van der Waals surface area contributed by atoms with Gasteiger partial charge >= 0.3 is 0 Å². The summed E-state index contributed by atoms with van der Waals surface area (Å²) in [5.74, 6) is 0. The first-order valence-electron chi connectivity index (χ1n) is 1.20. The Labute approximate surface area is 58.8 Å². The molecule has 0 saturated carbocycles. The van der Waals surface area contributed by atoms with Crippen LogP contribution in [-0.4, -0.2) is 0 Å². The molecule has 0 aromatic rings. The van der Waals surface area contributed by atoms with Crippen LogP contribution in [0.4, 0.5) is 0 Å². The Kier molecular flexibility index (Phi) is 601. The quantitative estimate of drug-likeness (QED) is 0.499. The van der Waals surface area contributed by atoms with Crippen LogP contribution in [0.25, 0.3) is 0 Å². The smallest absolute Gasteiger partial charge is 0.0437 e. The fraction of sp³-hybridized carbons (Fsp3) is 1.00. The Morgan fingerprint density at radius 3 is 1.00 bits per heavy atom. The Bertz CT molecular complexity index is 11.5. The van der Waals surface area contributed by atoms with Gasteiger partial charge in [0.25, 0.3) is 0 Å². The van der Waals surface area contributed by atoms with Gasteiger partial charge in [0.15, 0.2) is 0 Å². The van der Waals surface area contributed by atoms with Crippen LogP contribution in [0.15, 0.2) is 0 Å². The molecule has 0 aliphatic heterocycles. The highest BCUT2D eigenvalue weighted by molar-refractivity contribution is 7.88. The third-order valence-electron chi connectivity index (χ3n) is 0. The molecule has 0 aliphatic rings. The van der Waals surface area contributed by atoms with Gasteiger partial charge < -0.3 is 0 Å². The molecule has 0 bridgehead atoms. The lowest BCUT2D eigenvalue weighted by Crippen LogP contribution is -0.856. The van der Waals surface area contributed by atoms with Crippen molar-refractivity contribution in [3.05, 3.63) is 0 Å². The maximum Gasteiger partial charge on any atom is -0.0437 e. The highest BCUT2D eigenvalue weighted by Gasteiger charge is 0.932. The van der Waals surface area contributed by atoms with Crippen LogP contribution in [-0.2, 0) is 11.8 Å². The monoisotopic (exact) mass is 166 g/mol. The van der Waals surface area contributed by atoms with Crippen LogP contribution in [0.2, 0.25) is 0 Å². The van der Waals surface area contributed by atoms with Gasteiger partial charge in [-0.2, -0.15) is 0 Å². The lowest BCUT2D eigenvalue weighted by molar-refractivity contribution is 1.50. The van der Waals surface area contributed by atoms with E-state index in [-0.39, 0.29) is 24.8 Å². The van der Waals surface area contributed by atoms with E-state index in [2.05, 4.69) is 19.8 Å². The van der Waals surface area contributed by atoms with Crippen molar-refractivity contribution in [1.82, 2.24) is 0 Å². The van der Waals surface area contributed by atoms with Gasteiger partial charge in [0.1, 0.15) is 0 Å². The predicted molar refractivity (Wildman–Crippen MR) is 41.5 cm³/mol. The minimum absolute atomic E-state index is 0. The van der Waals surface area contributed by atoms with E-state index in [0.717, 1.165) is 0 Å². The molecule has 0 radical (unpaired) electrons. The standard InChI is InChI=1S/C2H6.2ClH.HPS/c1-2;;;1-2/h1-2H3;2*1H;1H. The molecule has 0 aromatic carbocycles. The third-order valence-corrected chi connectivity index (χ3v) is 0. The summed E-state index contributed by atoms with van der Waals surface area (Å²) >= 11 is 3.89. The summed E-state index contributed by atoms with van der Waals surface area (Å²) in [4.78, 5) is 0. The molecule has 0 saturated heterocycles. The molecule has 0 atom stereocenters. The van der Waals surface area contributed by atoms with E-state index in [1.54, 1.807) is 0 Å². The zero-order valence-corrected chi connectivity index (χ0v) is 7.17. The van der Waals surface area contributed by atoms with Crippen LogP contribution >= 0.6 is 32.8 Å². The predicted octanol–water partition coefficient (Wildman–Crippen LogP) is 2.46. The van der Waals surface area contributed by atoms with Gasteiger partial charge in [-0.3, -0.25) is 0 Å². The lowest BCUT2D eigenvalue weighted by Gasteiger charge is -1.07. The van der Waals surface area contributed by atoms with E-state index in [9.17, 15) is 0 Å². The van der Waals surface area contributed by atoms with Crippen molar-refractivity contribution in [2.24, 2.45) is 0 Å². The van der Waals surface area contributed by atoms with Gasteiger partial charge in [0.05, 0.1) is 0 Å². The zero-order chi connectivity index (χ0) is 4.00. The molecule has 0 amide bonds. The molecule has 6 heavy (non-hydrogen) atoms. The molecule has 0 unspecified atom stereocenters. The van der Waals surface area contributed by atoms with Gasteiger partial charge in [0, 0.05) is 0 Å². The van der Waals surface area contributed by atoms with Gasteiger partial charge in [-0.05, 0) is 8.02 Å². The van der Waals surface area contributed by atoms with Gasteiger partial charge in [-0.1, -0.05) is 25.7 Å². The number of halogens is 2. The van der Waals surface area contributed by atoms with Crippen molar-refractivity contribution in [1.29, 1.82) is 0 Å². The van der Waals surface area contributed by atoms with Gasteiger partial charge in [0.2, 0.25) is 0 Å². The van der Waals surface area contributed by atoms with Crippen molar-refractivity contribution < 1.29 is 0 Å². The van der Waals surface area contributed by atoms with E-state index in [4.69, 9.17) is 0 Å². The van der Waals surface area contributed by atoms with Crippen molar-refractivity contribution in [2.75, 3.05) is 0 Å². The summed E-state index contributed by atoms with van der Waals surface area (Å²) in [6.07, 6.45) is 0. The minimum Gasteiger partial charge on any atom is -0.147 e. The number of hydrogen-bond acceptors (Lipinski definition) is 1. The normalized spacial score (nSPS) is 1.67. The molecule has 0 fully saturated rings. The highest BCUT2D eigenvalue weighted by atomic mass is 35.5. The fourth-order valence-corrected chi connectivity index (χ4v) is 0. The second kappa shape index (κ2) is 131. The van der Waals surface area contributed by atoms with E-state index in [0.29, 0.717) is 0 Å². The van der Waals surface area contributed by atoms with E-state index in [1.165, 1.54) is 0 Å². The van der Waals surface area contributed by atoms with Crippen LogP contribution in [0.5, 0.6) is 0 Å². The summed E-state index contributed by atoms with van der Waals surface area (Å²) in [6, 6.07) is 0. The first kappa shape index (κ1) is 27.5. The summed E-state index contributed by atoms with van der Waals surface area (Å²) in [6.45, 7) is 4.00. The first-order valence-corrected chi connectivity index (χ1v) is 2.84. The van der Waals surface area contributed by atoms with E-state index >= 15 is 0 Å². The second-order valence-corrected chi connectivity index (χ2v) is 0. The van der Waals surface area contributed by atoms with Crippen LogP contribution in [0, 0.1) is 0 Å². The molecule has 0 spiro atoms. The molecule has 0 heterocycles. The first-order chi connectivity index (χ1) is 2.00. The van der Waals surface area contributed by atoms with Crippen LogP contribution in [0.1, 0.15) is 13.8 Å². The van der Waals surface area contributed by atoms with Gasteiger partial charge in [-0.25, -0.2) is 0 Å². The molecular weight excluding hydrogens is 158 g/mol. The number of hydrogen-bond donors (Lipinski definition) is 0. The molecule has 0 aromatic heterocycles. The maximum atomic E-state index is 3.89. The molecule has 0 nitrogen and oxygen atoms in total. The Balaban J connectivity index is -0.00000000500. The zero-order valence-electron chi connectivity index (χ0n) is 3.72. The highest BCUT2D eigenvalue weighted by Crippen LogP contribution is 1.26. The summed E-state index contributed by atoms with van der Waals surface area (Å²) in [7, 11) is 2.56. The summed E-state index contributed by atoms with van der Waals surface area (Å²) in [5.41, 5.74) is 0. The van der Waals surface area contributed by atoms with E-state index < -0.39 is 0 Å². The van der Waals surface area contributed by atoms with Crippen molar-refractivity contribution in [2.45, 2.75) is 13.8 Å². The lowest BCUT2D eigenvalue weighted by atomic mass is 11.0. The largest absolute Gasteiger partial charge is 0.147 e. The minimum atomic E-state index is 0. The maximum absolute atomic E-state index is 3.89. The van der Waals surface area contributed by atoms with Crippen LogP contribution < -0.4 is 0 Å².